The van der Waals surface area contributed by atoms with E-state index in [-0.39, 0.29) is 11.0 Å². The molecular weight excluding hydrogens is 262 g/mol. The van der Waals surface area contributed by atoms with Crippen molar-refractivity contribution in [1.29, 1.82) is 0 Å². The van der Waals surface area contributed by atoms with Crippen molar-refractivity contribution in [3.05, 3.63) is 23.8 Å². The molecule has 2 rings (SSSR count). The molecule has 1 heterocycles. The summed E-state index contributed by atoms with van der Waals surface area (Å²) in [7, 11) is 1.62. The summed E-state index contributed by atoms with van der Waals surface area (Å²) in [6, 6.07) is 5.59. The number of rotatable bonds is 4. The van der Waals surface area contributed by atoms with Crippen molar-refractivity contribution in [3.63, 3.8) is 0 Å². The van der Waals surface area contributed by atoms with Crippen LogP contribution in [0.25, 0.3) is 0 Å². The van der Waals surface area contributed by atoms with E-state index in [9.17, 15) is 4.79 Å². The summed E-state index contributed by atoms with van der Waals surface area (Å²) in [5, 5.41) is 3.10. The molecule has 0 bridgehead atoms. The Morgan fingerprint density at radius 1 is 1.58 bits per heavy atom. The molecule has 1 aromatic carbocycles. The summed E-state index contributed by atoms with van der Waals surface area (Å²) in [6.07, 6.45) is 1.55. The number of nitrogens with two attached hydrogens (primary N) is 1. The summed E-state index contributed by atoms with van der Waals surface area (Å²) in [5.74, 6) is 0.947. The molecule has 5 nitrogen and oxygen atoms in total. The molecule has 6 heteroatoms. The van der Waals surface area contributed by atoms with Crippen LogP contribution in [0.1, 0.15) is 18.4 Å². The zero-order chi connectivity index (χ0) is 13.8. The molecule has 102 valence electrons. The lowest BCUT2D eigenvalue weighted by molar-refractivity contribution is -0.128. The number of hydrogen-bond acceptors (Lipinski definition) is 3. The molecule has 3 N–H and O–H groups in total. The quantitative estimate of drug-likeness (QED) is 0.817. The first kappa shape index (κ1) is 13.6. The lowest BCUT2D eigenvalue weighted by Gasteiger charge is -2.18. The number of anilines is 1. The highest BCUT2D eigenvalue weighted by Crippen LogP contribution is 2.25. The SMILES string of the molecule is COc1ccc(NC(N)=S)cc1CN1CCCC1=O. The number of carbonyl (C=O) groups excluding carboxylic acids is 1. The lowest BCUT2D eigenvalue weighted by atomic mass is 10.1. The molecule has 1 aliphatic heterocycles. The van der Waals surface area contributed by atoms with E-state index in [1.165, 1.54) is 0 Å². The molecular formula is C13H17N3O2S. The highest BCUT2D eigenvalue weighted by atomic mass is 32.1. The van der Waals surface area contributed by atoms with Gasteiger partial charge in [-0.15, -0.1) is 0 Å². The third-order valence-corrected chi connectivity index (χ3v) is 3.18. The third kappa shape index (κ3) is 3.35. The summed E-state index contributed by atoms with van der Waals surface area (Å²) in [6.45, 7) is 1.35. The van der Waals surface area contributed by atoms with E-state index in [2.05, 4.69) is 5.32 Å². The third-order valence-electron chi connectivity index (χ3n) is 3.08. The summed E-state index contributed by atoms with van der Waals surface area (Å²) in [5.41, 5.74) is 7.20. The van der Waals surface area contributed by atoms with E-state index in [1.54, 1.807) is 7.11 Å². The van der Waals surface area contributed by atoms with Gasteiger partial charge in [-0.2, -0.15) is 0 Å². The van der Waals surface area contributed by atoms with Gasteiger partial charge in [0.05, 0.1) is 7.11 Å². The Morgan fingerprint density at radius 2 is 2.37 bits per heavy atom. The van der Waals surface area contributed by atoms with Crippen molar-refractivity contribution in [2.24, 2.45) is 5.73 Å². The molecule has 1 fully saturated rings. The monoisotopic (exact) mass is 279 g/mol. The minimum Gasteiger partial charge on any atom is -0.496 e. The normalized spacial score (nSPS) is 14.6. The highest BCUT2D eigenvalue weighted by Gasteiger charge is 2.21. The van der Waals surface area contributed by atoms with Gasteiger partial charge in [-0.25, -0.2) is 0 Å². The highest BCUT2D eigenvalue weighted by molar-refractivity contribution is 7.80. The molecule has 0 unspecified atom stereocenters. The topological polar surface area (TPSA) is 67.6 Å². The first-order chi connectivity index (χ1) is 9.10. The Balaban J connectivity index is 2.20. The Labute approximate surface area is 117 Å². The van der Waals surface area contributed by atoms with Crippen LogP contribution < -0.4 is 15.8 Å². The van der Waals surface area contributed by atoms with E-state index < -0.39 is 0 Å². The molecule has 0 radical (unpaired) electrons. The van der Waals surface area contributed by atoms with Crippen molar-refractivity contribution in [2.75, 3.05) is 19.0 Å². The fourth-order valence-electron chi connectivity index (χ4n) is 2.20. The zero-order valence-corrected chi connectivity index (χ0v) is 11.6. The predicted molar refractivity (Wildman–Crippen MR) is 78.1 cm³/mol. The maximum Gasteiger partial charge on any atom is 0.222 e. The van der Waals surface area contributed by atoms with Crippen LogP contribution in [0.4, 0.5) is 5.69 Å². The summed E-state index contributed by atoms with van der Waals surface area (Å²) >= 11 is 4.82. The van der Waals surface area contributed by atoms with Crippen LogP contribution in [-0.2, 0) is 11.3 Å². The van der Waals surface area contributed by atoms with Crippen LogP contribution in [0.5, 0.6) is 5.75 Å². The summed E-state index contributed by atoms with van der Waals surface area (Å²) < 4.78 is 5.32. The number of ether oxygens (including phenoxy) is 1. The van der Waals surface area contributed by atoms with Gasteiger partial charge in [0.25, 0.3) is 0 Å². The van der Waals surface area contributed by atoms with Gasteiger partial charge in [-0.05, 0) is 36.8 Å². The average Bonchev–Trinajstić information content (AvgIpc) is 2.75. The van der Waals surface area contributed by atoms with Crippen molar-refractivity contribution >= 4 is 28.9 Å². The number of hydrogen-bond donors (Lipinski definition) is 2. The smallest absolute Gasteiger partial charge is 0.222 e. The van der Waals surface area contributed by atoms with Crippen molar-refractivity contribution in [1.82, 2.24) is 4.90 Å². The molecule has 1 amide bonds. The van der Waals surface area contributed by atoms with Gasteiger partial charge in [0, 0.05) is 30.8 Å². The molecule has 1 saturated heterocycles. The molecule has 1 aromatic rings. The predicted octanol–water partition coefficient (Wildman–Crippen LogP) is 1.47. The largest absolute Gasteiger partial charge is 0.496 e. The number of amides is 1. The lowest BCUT2D eigenvalue weighted by Crippen LogP contribution is -2.24. The van der Waals surface area contributed by atoms with Crippen LogP contribution in [-0.4, -0.2) is 29.6 Å². The van der Waals surface area contributed by atoms with Gasteiger partial charge >= 0.3 is 0 Å². The van der Waals surface area contributed by atoms with Gasteiger partial charge in [-0.1, -0.05) is 0 Å². The van der Waals surface area contributed by atoms with Crippen LogP contribution in [0.2, 0.25) is 0 Å². The summed E-state index contributed by atoms with van der Waals surface area (Å²) in [4.78, 5) is 13.5. The number of methoxy groups -OCH3 is 1. The number of carbonyl (C=O) groups is 1. The van der Waals surface area contributed by atoms with Crippen molar-refractivity contribution < 1.29 is 9.53 Å². The van der Waals surface area contributed by atoms with E-state index in [0.717, 1.165) is 30.0 Å². The van der Waals surface area contributed by atoms with Crippen LogP contribution in [0, 0.1) is 0 Å². The van der Waals surface area contributed by atoms with E-state index in [4.69, 9.17) is 22.7 Å². The van der Waals surface area contributed by atoms with E-state index >= 15 is 0 Å². The molecule has 1 aliphatic rings. The van der Waals surface area contributed by atoms with Crippen LogP contribution in [0.3, 0.4) is 0 Å². The van der Waals surface area contributed by atoms with Crippen molar-refractivity contribution in [3.8, 4) is 5.75 Å². The molecule has 19 heavy (non-hydrogen) atoms. The van der Waals surface area contributed by atoms with Crippen LogP contribution in [0.15, 0.2) is 18.2 Å². The Bertz CT molecular complexity index is 505. The maximum absolute atomic E-state index is 11.7. The minimum atomic E-state index is 0.190. The zero-order valence-electron chi connectivity index (χ0n) is 10.8. The molecule has 0 aromatic heterocycles. The van der Waals surface area contributed by atoms with E-state index in [1.807, 2.05) is 23.1 Å². The van der Waals surface area contributed by atoms with Gasteiger partial charge in [0.15, 0.2) is 5.11 Å². The second kappa shape index (κ2) is 5.88. The Hall–Kier alpha value is -1.82. The number of nitrogens with zero attached hydrogens (tertiary/aromatic N) is 1. The van der Waals surface area contributed by atoms with Crippen LogP contribution >= 0.6 is 12.2 Å². The fraction of sp³-hybridized carbons (Fsp3) is 0.385. The standard InChI is InChI=1S/C13H17N3O2S/c1-18-11-5-4-10(15-13(14)19)7-9(11)8-16-6-2-3-12(16)17/h4-5,7H,2-3,6,8H2,1H3,(H3,14,15,19). The van der Waals surface area contributed by atoms with E-state index in [0.29, 0.717) is 13.0 Å². The first-order valence-corrected chi connectivity index (χ1v) is 6.52. The van der Waals surface area contributed by atoms with Crippen molar-refractivity contribution in [2.45, 2.75) is 19.4 Å². The fourth-order valence-corrected chi connectivity index (χ4v) is 2.32. The Kier molecular flexibility index (Phi) is 4.21. The number of likely N-dealkylation sites (tertiary alicyclic amines) is 1. The van der Waals surface area contributed by atoms with Gasteiger partial charge < -0.3 is 20.7 Å². The van der Waals surface area contributed by atoms with Gasteiger partial charge in [0.2, 0.25) is 5.91 Å². The number of nitrogens with one attached hydrogen (secondary N) is 1. The minimum absolute atomic E-state index is 0.190. The molecule has 0 aliphatic carbocycles. The van der Waals surface area contributed by atoms with Gasteiger partial charge in [0.1, 0.15) is 5.75 Å². The average molecular weight is 279 g/mol. The number of benzene rings is 1. The second-order valence-corrected chi connectivity index (χ2v) is 4.87. The second-order valence-electron chi connectivity index (χ2n) is 4.43. The molecule has 0 atom stereocenters. The molecule has 0 saturated carbocycles. The maximum atomic E-state index is 11.7. The first-order valence-electron chi connectivity index (χ1n) is 6.11. The number of thiocarbonyl (C=S) groups is 1. The Morgan fingerprint density at radius 3 is 2.95 bits per heavy atom. The molecule has 0 spiro atoms. The van der Waals surface area contributed by atoms with Gasteiger partial charge in [-0.3, -0.25) is 4.79 Å².